The van der Waals surface area contributed by atoms with E-state index in [4.69, 9.17) is 4.42 Å². The molecule has 11 aromatic carbocycles. The van der Waals surface area contributed by atoms with Crippen molar-refractivity contribution >= 4 is 56.1 Å². The van der Waals surface area contributed by atoms with Crippen molar-refractivity contribution in [2.75, 3.05) is 9.80 Å². The van der Waals surface area contributed by atoms with E-state index < -0.39 is 0 Å². The summed E-state index contributed by atoms with van der Waals surface area (Å²) in [4.78, 5) is 4.70. The molecule has 0 atom stereocenters. The van der Waals surface area contributed by atoms with Gasteiger partial charge in [-0.15, -0.1) is 0 Å². The number of para-hydroxylation sites is 2. The number of nitrogens with zero attached hydrogens (tertiary/aromatic N) is 2. The summed E-state index contributed by atoms with van der Waals surface area (Å²) in [5.41, 5.74) is 19.7. The van der Waals surface area contributed by atoms with Crippen LogP contribution in [0.4, 0.5) is 34.1 Å². The van der Waals surface area contributed by atoms with Gasteiger partial charge in [0.15, 0.2) is 0 Å². The van der Waals surface area contributed by atoms with Crippen LogP contribution in [-0.2, 0) is 0 Å². The summed E-state index contributed by atoms with van der Waals surface area (Å²) in [6, 6.07) is 99.7. The van der Waals surface area contributed by atoms with Gasteiger partial charge in [-0.1, -0.05) is 200 Å². The maximum absolute atomic E-state index is 6.46. The number of benzene rings is 11. The van der Waals surface area contributed by atoms with Crippen molar-refractivity contribution < 1.29 is 4.42 Å². The fourth-order valence-electron chi connectivity index (χ4n) is 9.61. The molecule has 12 aromatic rings. The Morgan fingerprint density at radius 3 is 0.986 bits per heavy atom. The van der Waals surface area contributed by atoms with Crippen LogP contribution in [-0.4, -0.2) is 0 Å². The average molecular weight is 883 g/mol. The molecule has 0 saturated carbocycles. The van der Waals surface area contributed by atoms with Gasteiger partial charge in [0.25, 0.3) is 0 Å². The van der Waals surface area contributed by atoms with Gasteiger partial charge in [-0.2, -0.15) is 0 Å². The van der Waals surface area contributed by atoms with Gasteiger partial charge in [0.1, 0.15) is 11.2 Å². The molecule has 0 N–H and O–H groups in total. The molecule has 3 heteroatoms. The monoisotopic (exact) mass is 882 g/mol. The quantitative estimate of drug-likeness (QED) is 0.129. The van der Waals surface area contributed by atoms with Gasteiger partial charge < -0.3 is 14.2 Å². The first-order valence-corrected chi connectivity index (χ1v) is 23.5. The summed E-state index contributed by atoms with van der Waals surface area (Å²) in [5, 5.41) is 2.25. The largest absolute Gasteiger partial charge is 0.455 e. The predicted octanol–water partition coefficient (Wildman–Crippen LogP) is 18.9. The van der Waals surface area contributed by atoms with Crippen LogP contribution in [0.2, 0.25) is 0 Å². The van der Waals surface area contributed by atoms with Crippen molar-refractivity contribution in [2.45, 2.75) is 0 Å². The minimum absolute atomic E-state index is 0.898. The zero-order chi connectivity index (χ0) is 45.9. The van der Waals surface area contributed by atoms with Crippen molar-refractivity contribution in [3.8, 4) is 55.6 Å². The zero-order valence-corrected chi connectivity index (χ0v) is 37.9. The van der Waals surface area contributed by atoms with Crippen molar-refractivity contribution in [3.05, 3.63) is 279 Å². The predicted molar refractivity (Wildman–Crippen MR) is 290 cm³/mol. The lowest BCUT2D eigenvalue weighted by molar-refractivity contribution is 0.670. The van der Waals surface area contributed by atoms with Gasteiger partial charge in [0.05, 0.1) is 0 Å². The molecule has 0 radical (unpaired) electrons. The van der Waals surface area contributed by atoms with E-state index in [0.717, 1.165) is 78.3 Å². The molecule has 12 rings (SSSR count). The number of furan rings is 1. The highest BCUT2D eigenvalue weighted by molar-refractivity contribution is 6.09. The highest BCUT2D eigenvalue weighted by atomic mass is 16.3. The first kappa shape index (κ1) is 41.3. The van der Waals surface area contributed by atoms with E-state index in [1.165, 1.54) is 33.4 Å². The Kier molecular flexibility index (Phi) is 10.9. The SMILES string of the molecule is c1ccc(-c2ccc(N(c3ccc(-c4ccccc4)cc3)c3cccc(-c4cccc(N(c5ccc(-c6ccccc6)cc5)c5ccc(-c6cccc7c6oc6ccccc67)cc5)c4)c3)cc2)cc1. The lowest BCUT2D eigenvalue weighted by atomic mass is 10.0. The topological polar surface area (TPSA) is 19.6 Å². The molecule has 0 aliphatic rings. The summed E-state index contributed by atoms with van der Waals surface area (Å²) < 4.78 is 6.46. The van der Waals surface area contributed by atoms with Crippen LogP contribution in [0.5, 0.6) is 0 Å². The lowest BCUT2D eigenvalue weighted by Crippen LogP contribution is -2.10. The molecular formula is C66H46N2O. The van der Waals surface area contributed by atoms with E-state index in [1.807, 2.05) is 12.1 Å². The summed E-state index contributed by atoms with van der Waals surface area (Å²) in [6.45, 7) is 0. The van der Waals surface area contributed by atoms with Gasteiger partial charge in [-0.25, -0.2) is 0 Å². The van der Waals surface area contributed by atoms with Crippen molar-refractivity contribution in [3.63, 3.8) is 0 Å². The molecule has 1 heterocycles. The Balaban J connectivity index is 0.927. The Bertz CT molecular complexity index is 3590. The molecule has 3 nitrogen and oxygen atoms in total. The molecule has 0 unspecified atom stereocenters. The van der Waals surface area contributed by atoms with Gasteiger partial charge in [0.2, 0.25) is 0 Å². The molecule has 0 amide bonds. The number of anilines is 6. The third kappa shape index (κ3) is 8.24. The van der Waals surface area contributed by atoms with Crippen molar-refractivity contribution in [1.82, 2.24) is 0 Å². The molecule has 0 saturated heterocycles. The molecule has 0 aliphatic carbocycles. The second kappa shape index (κ2) is 18.2. The maximum atomic E-state index is 6.46. The van der Waals surface area contributed by atoms with E-state index in [1.54, 1.807) is 0 Å². The van der Waals surface area contributed by atoms with Crippen LogP contribution >= 0.6 is 0 Å². The molecule has 69 heavy (non-hydrogen) atoms. The Morgan fingerprint density at radius 2 is 0.551 bits per heavy atom. The molecule has 0 fully saturated rings. The van der Waals surface area contributed by atoms with E-state index >= 15 is 0 Å². The molecule has 0 aliphatic heterocycles. The first-order valence-electron chi connectivity index (χ1n) is 23.5. The van der Waals surface area contributed by atoms with Gasteiger partial charge in [-0.3, -0.25) is 0 Å². The Hall–Kier alpha value is -9.18. The van der Waals surface area contributed by atoms with E-state index in [2.05, 4.69) is 277 Å². The zero-order valence-electron chi connectivity index (χ0n) is 37.9. The summed E-state index contributed by atoms with van der Waals surface area (Å²) in [5.74, 6) is 0. The standard InChI is InChI=1S/C66H46N2O/c1-4-15-47(16-5-1)50-29-37-56(38-30-50)67(57-39-31-51(32-40-57)48-17-6-2-7-18-48)60-23-12-21-54(45-60)55-22-13-24-61(46-55)68(58-41-33-52(34-42-58)49-19-8-3-9-20-49)59-43-35-53(36-44-59)62-26-14-27-64-63-25-10-11-28-65(63)69-66(62)64/h1-46H. The maximum Gasteiger partial charge on any atom is 0.143 e. The van der Waals surface area contributed by atoms with Gasteiger partial charge in [-0.05, 0) is 129 Å². The van der Waals surface area contributed by atoms with Crippen molar-refractivity contribution in [1.29, 1.82) is 0 Å². The Morgan fingerprint density at radius 1 is 0.217 bits per heavy atom. The number of fused-ring (bicyclic) bond motifs is 3. The van der Waals surface area contributed by atoms with Crippen LogP contribution in [0.1, 0.15) is 0 Å². The smallest absolute Gasteiger partial charge is 0.143 e. The summed E-state index contributed by atoms with van der Waals surface area (Å²) in [6.07, 6.45) is 0. The van der Waals surface area contributed by atoms with E-state index in [0.29, 0.717) is 0 Å². The number of rotatable bonds is 11. The third-order valence-corrected chi connectivity index (χ3v) is 13.1. The summed E-state index contributed by atoms with van der Waals surface area (Å²) >= 11 is 0. The van der Waals surface area contributed by atoms with Crippen LogP contribution in [0.15, 0.2) is 283 Å². The first-order chi connectivity index (χ1) is 34.2. The minimum Gasteiger partial charge on any atom is -0.455 e. The molecule has 0 bridgehead atoms. The van der Waals surface area contributed by atoms with Gasteiger partial charge >= 0.3 is 0 Å². The van der Waals surface area contributed by atoms with Crippen LogP contribution in [0.3, 0.4) is 0 Å². The molecule has 0 spiro atoms. The number of hydrogen-bond donors (Lipinski definition) is 0. The fraction of sp³-hybridized carbons (Fsp3) is 0. The molecular weight excluding hydrogens is 837 g/mol. The third-order valence-electron chi connectivity index (χ3n) is 13.1. The highest BCUT2D eigenvalue weighted by Crippen LogP contribution is 2.42. The lowest BCUT2D eigenvalue weighted by Gasteiger charge is -2.27. The Labute approximate surface area is 403 Å². The fourth-order valence-corrected chi connectivity index (χ4v) is 9.61. The van der Waals surface area contributed by atoms with Crippen LogP contribution in [0, 0.1) is 0 Å². The highest BCUT2D eigenvalue weighted by Gasteiger charge is 2.18. The second-order valence-corrected chi connectivity index (χ2v) is 17.3. The van der Waals surface area contributed by atoms with Crippen LogP contribution in [0.25, 0.3) is 77.6 Å². The minimum atomic E-state index is 0.898. The average Bonchev–Trinajstić information content (AvgIpc) is 3.82. The van der Waals surface area contributed by atoms with Crippen LogP contribution < -0.4 is 9.80 Å². The molecule has 1 aromatic heterocycles. The summed E-state index contributed by atoms with van der Waals surface area (Å²) in [7, 11) is 0. The van der Waals surface area contributed by atoms with Crippen molar-refractivity contribution in [2.24, 2.45) is 0 Å². The number of hydrogen-bond acceptors (Lipinski definition) is 3. The molecule has 326 valence electrons. The second-order valence-electron chi connectivity index (χ2n) is 17.3. The van der Waals surface area contributed by atoms with Gasteiger partial charge in [0, 0.05) is 50.5 Å². The normalized spacial score (nSPS) is 11.2. The van der Waals surface area contributed by atoms with E-state index in [9.17, 15) is 0 Å². The van der Waals surface area contributed by atoms with E-state index in [-0.39, 0.29) is 0 Å².